The van der Waals surface area contributed by atoms with Crippen molar-refractivity contribution in [1.29, 1.82) is 0 Å². The number of aromatic nitrogens is 2. The summed E-state index contributed by atoms with van der Waals surface area (Å²) in [6.45, 7) is 6.02. The molecule has 1 aliphatic rings. The van der Waals surface area contributed by atoms with E-state index in [1.54, 1.807) is 24.9 Å². The first-order valence-corrected chi connectivity index (χ1v) is 11.4. The average Bonchev–Trinajstić information content (AvgIpc) is 2.80. The van der Waals surface area contributed by atoms with Crippen LogP contribution in [0.15, 0.2) is 18.5 Å². The summed E-state index contributed by atoms with van der Waals surface area (Å²) in [6, 6.07) is 0. The van der Waals surface area contributed by atoms with Crippen LogP contribution in [0.2, 0.25) is 0 Å². The number of phosphoric ester groups is 1. The predicted molar refractivity (Wildman–Crippen MR) is 95.6 cm³/mol. The number of hydrogen-bond donors (Lipinski definition) is 4. The number of nitrogens with zero attached hydrogens (tertiary/aromatic N) is 3. The molecule has 1 aromatic rings. The van der Waals surface area contributed by atoms with Gasteiger partial charge in [-0.3, -0.25) is 4.52 Å². The summed E-state index contributed by atoms with van der Waals surface area (Å²) in [5.41, 5.74) is 7.43. The van der Waals surface area contributed by atoms with E-state index in [9.17, 15) is 14.0 Å². The Morgan fingerprint density at radius 3 is 2.77 bits per heavy atom. The molecule has 1 aromatic heterocycles. The van der Waals surface area contributed by atoms with Crippen LogP contribution in [0.4, 0.5) is 5.82 Å². The van der Waals surface area contributed by atoms with Gasteiger partial charge in [0.1, 0.15) is 11.6 Å². The monoisotopic (exact) mass is 426 g/mol. The van der Waals surface area contributed by atoms with Crippen molar-refractivity contribution in [3.05, 3.63) is 29.9 Å². The minimum atomic E-state index is -5.11. The van der Waals surface area contributed by atoms with Gasteiger partial charge in [-0.2, -0.15) is 4.31 Å². The van der Waals surface area contributed by atoms with Crippen molar-refractivity contribution in [2.45, 2.75) is 25.1 Å². The van der Waals surface area contributed by atoms with Crippen LogP contribution >= 0.6 is 27.4 Å². The maximum Gasteiger partial charge on any atom is 0.481 e. The second-order valence-electron chi connectivity index (χ2n) is 5.46. The average molecular weight is 426 g/mol. The summed E-state index contributed by atoms with van der Waals surface area (Å²) in [5.74, 6) is 1.62. The van der Waals surface area contributed by atoms with E-state index in [1.807, 2.05) is 4.90 Å². The normalized spacial score (nSPS) is 20.4. The molecule has 0 aliphatic carbocycles. The van der Waals surface area contributed by atoms with Crippen molar-refractivity contribution in [2.24, 2.45) is 0 Å². The molecule has 0 amide bonds. The molecule has 26 heavy (non-hydrogen) atoms. The SMILES string of the molecule is C=C1[C@H](CCOP(=O)(O)OP(=O)(O)O)SCN1Cc1cnc(C)nc1N. The van der Waals surface area contributed by atoms with Gasteiger partial charge in [0.05, 0.1) is 12.5 Å². The minimum Gasteiger partial charge on any atom is -0.383 e. The first-order valence-electron chi connectivity index (χ1n) is 7.34. The van der Waals surface area contributed by atoms with Crippen molar-refractivity contribution < 1.29 is 32.6 Å². The largest absolute Gasteiger partial charge is 0.481 e. The lowest BCUT2D eigenvalue weighted by molar-refractivity contribution is 0.177. The molecule has 1 fully saturated rings. The molecule has 11 nitrogen and oxygen atoms in total. The van der Waals surface area contributed by atoms with Crippen LogP contribution in [0.3, 0.4) is 0 Å². The number of phosphoric acid groups is 2. The molecule has 1 unspecified atom stereocenters. The molecule has 0 saturated carbocycles. The smallest absolute Gasteiger partial charge is 0.383 e. The lowest BCUT2D eigenvalue weighted by atomic mass is 10.2. The summed E-state index contributed by atoms with van der Waals surface area (Å²) in [7, 11) is -9.94. The maximum atomic E-state index is 11.4. The number of aryl methyl sites for hydroxylation is 1. The molecular weight excluding hydrogens is 406 g/mol. The fourth-order valence-corrected chi connectivity index (χ4v) is 5.05. The van der Waals surface area contributed by atoms with Gasteiger partial charge < -0.3 is 25.3 Å². The number of rotatable bonds is 8. The van der Waals surface area contributed by atoms with Gasteiger partial charge in [0.2, 0.25) is 0 Å². The predicted octanol–water partition coefficient (Wildman–Crippen LogP) is 1.37. The van der Waals surface area contributed by atoms with E-state index in [-0.39, 0.29) is 11.9 Å². The topological polar surface area (TPSA) is 168 Å². The molecule has 14 heteroatoms. The Labute approximate surface area is 154 Å². The minimum absolute atomic E-state index is 0.0855. The molecule has 2 heterocycles. The van der Waals surface area contributed by atoms with Crippen LogP contribution in [0.25, 0.3) is 0 Å². The van der Waals surface area contributed by atoms with E-state index in [0.29, 0.717) is 30.5 Å². The summed E-state index contributed by atoms with van der Waals surface area (Å²) in [4.78, 5) is 36.6. The Kier molecular flexibility index (Phi) is 6.86. The zero-order valence-corrected chi connectivity index (χ0v) is 16.5. The quantitative estimate of drug-likeness (QED) is 0.441. The van der Waals surface area contributed by atoms with E-state index in [1.165, 1.54) is 0 Å². The first-order chi connectivity index (χ1) is 12.0. The van der Waals surface area contributed by atoms with E-state index in [4.69, 9.17) is 15.5 Å². The van der Waals surface area contributed by atoms with Crippen LogP contribution in [-0.2, 0) is 24.5 Å². The first kappa shape index (κ1) is 21.3. The van der Waals surface area contributed by atoms with Crippen LogP contribution in [0.1, 0.15) is 17.8 Å². The van der Waals surface area contributed by atoms with Crippen molar-refractivity contribution >= 4 is 33.2 Å². The van der Waals surface area contributed by atoms with Crippen LogP contribution in [-0.4, -0.2) is 47.3 Å². The summed E-state index contributed by atoms with van der Waals surface area (Å²) < 4.78 is 30.3. The van der Waals surface area contributed by atoms with Gasteiger partial charge >= 0.3 is 15.6 Å². The standard InChI is InChI=1S/C12H20N4O7P2S/c1-8-11(3-4-22-25(20,21)23-24(17,18)19)26-7-16(8)6-10-5-14-9(2)15-12(10)13/h5,11H,1,3-4,6-7H2,2H3,(H,20,21)(H2,13,14,15)(H2,17,18,19)/t11-/m0/s1. The van der Waals surface area contributed by atoms with Crippen molar-refractivity contribution in [3.8, 4) is 0 Å². The van der Waals surface area contributed by atoms with Crippen LogP contribution < -0.4 is 5.73 Å². The van der Waals surface area contributed by atoms with E-state index >= 15 is 0 Å². The highest BCUT2D eigenvalue weighted by atomic mass is 32.2. The fraction of sp³-hybridized carbons (Fsp3) is 0.500. The second kappa shape index (κ2) is 8.37. The zero-order valence-electron chi connectivity index (χ0n) is 13.9. The summed E-state index contributed by atoms with van der Waals surface area (Å²) >= 11 is 1.55. The highest BCUT2D eigenvalue weighted by Crippen LogP contribution is 2.57. The molecule has 1 aliphatic heterocycles. The van der Waals surface area contributed by atoms with E-state index in [2.05, 4.69) is 25.4 Å². The number of hydrogen-bond acceptors (Lipinski definition) is 9. The van der Waals surface area contributed by atoms with Crippen LogP contribution in [0, 0.1) is 6.92 Å². The fourth-order valence-electron chi connectivity index (χ4n) is 2.23. The zero-order chi connectivity index (χ0) is 19.5. The Morgan fingerprint density at radius 2 is 2.15 bits per heavy atom. The molecule has 5 N–H and O–H groups in total. The number of nitrogen functional groups attached to an aromatic ring is 1. The van der Waals surface area contributed by atoms with Gasteiger partial charge in [0, 0.05) is 29.3 Å². The number of nitrogens with two attached hydrogens (primary N) is 1. The van der Waals surface area contributed by atoms with Gasteiger partial charge in [-0.05, 0) is 13.3 Å². The van der Waals surface area contributed by atoms with Crippen molar-refractivity contribution in [1.82, 2.24) is 14.9 Å². The Morgan fingerprint density at radius 1 is 1.46 bits per heavy atom. The van der Waals surface area contributed by atoms with Crippen molar-refractivity contribution in [3.63, 3.8) is 0 Å². The molecule has 146 valence electrons. The maximum absolute atomic E-state index is 11.4. The van der Waals surface area contributed by atoms with Gasteiger partial charge in [0.25, 0.3) is 0 Å². The number of anilines is 1. The third-order valence-electron chi connectivity index (χ3n) is 3.43. The lowest BCUT2D eigenvalue weighted by Crippen LogP contribution is -2.20. The highest BCUT2D eigenvalue weighted by Gasteiger charge is 2.33. The molecule has 0 bridgehead atoms. The van der Waals surface area contributed by atoms with Gasteiger partial charge in [0.15, 0.2) is 0 Å². The molecule has 2 rings (SSSR count). The summed E-state index contributed by atoms with van der Waals surface area (Å²) in [5, 5.41) is -0.0855. The van der Waals surface area contributed by atoms with Crippen LogP contribution in [0.5, 0.6) is 0 Å². The summed E-state index contributed by atoms with van der Waals surface area (Å²) in [6.07, 6.45) is 1.97. The molecule has 2 atom stereocenters. The second-order valence-corrected chi connectivity index (χ2v) is 9.45. The van der Waals surface area contributed by atoms with Gasteiger partial charge in [-0.15, -0.1) is 11.8 Å². The highest BCUT2D eigenvalue weighted by molar-refractivity contribution is 8.00. The van der Waals surface area contributed by atoms with Gasteiger partial charge in [-0.25, -0.2) is 19.1 Å². The molecule has 0 spiro atoms. The Hall–Kier alpha value is -0.970. The number of thioether (sulfide) groups is 1. The van der Waals surface area contributed by atoms with Crippen molar-refractivity contribution in [2.75, 3.05) is 18.2 Å². The third kappa shape index (κ3) is 6.33. The van der Waals surface area contributed by atoms with E-state index in [0.717, 1.165) is 11.3 Å². The molecule has 1 saturated heterocycles. The van der Waals surface area contributed by atoms with Gasteiger partial charge in [-0.1, -0.05) is 6.58 Å². The third-order valence-corrected chi connectivity index (χ3v) is 6.99. The Balaban J connectivity index is 1.85. The molecule has 0 aromatic carbocycles. The molecular formula is C12H20N4O7P2S. The van der Waals surface area contributed by atoms with E-state index < -0.39 is 15.6 Å². The molecule has 0 radical (unpaired) electrons. The lowest BCUT2D eigenvalue weighted by Gasteiger charge is -2.21. The Bertz CT molecular complexity index is 774.